The van der Waals surface area contributed by atoms with E-state index in [4.69, 9.17) is 16.3 Å². The van der Waals surface area contributed by atoms with Crippen molar-refractivity contribution >= 4 is 34.1 Å². The second-order valence-electron chi connectivity index (χ2n) is 8.08. The lowest BCUT2D eigenvalue weighted by atomic mass is 10.1. The Balaban J connectivity index is 1.27. The maximum atomic E-state index is 14.3. The first-order valence-corrected chi connectivity index (χ1v) is 12.0. The number of halogens is 2. The average molecular weight is 481 g/mol. The van der Waals surface area contributed by atoms with Crippen molar-refractivity contribution in [3.8, 4) is 5.88 Å². The number of para-hydroxylation sites is 2. The van der Waals surface area contributed by atoms with Crippen molar-refractivity contribution in [2.75, 3.05) is 11.9 Å². The van der Waals surface area contributed by atoms with Gasteiger partial charge in [0, 0.05) is 11.5 Å². The van der Waals surface area contributed by atoms with Gasteiger partial charge in [-0.2, -0.15) is 0 Å². The second kappa shape index (κ2) is 13.5. The predicted octanol–water partition coefficient (Wildman–Crippen LogP) is 8.05. The first kappa shape index (κ1) is 25.4. The first-order valence-electron chi connectivity index (χ1n) is 11.6. The fraction of sp³-hybridized carbons (Fsp3) is 0.286. The van der Waals surface area contributed by atoms with E-state index in [9.17, 15) is 9.18 Å². The summed E-state index contributed by atoms with van der Waals surface area (Å²) in [5.41, 5.74) is 1.63. The molecule has 0 aliphatic heterocycles. The summed E-state index contributed by atoms with van der Waals surface area (Å²) in [4.78, 5) is 16.6. The number of unbranched alkanes of at least 4 members (excludes halogenated alkanes) is 5. The second-order valence-corrected chi connectivity index (χ2v) is 8.49. The Bertz CT molecular complexity index is 1160. The van der Waals surface area contributed by atoms with E-state index in [0.29, 0.717) is 28.8 Å². The fourth-order valence-electron chi connectivity index (χ4n) is 3.45. The molecule has 34 heavy (non-hydrogen) atoms. The molecule has 0 saturated heterocycles. The molecule has 0 fully saturated rings. The molecule has 1 amide bonds. The van der Waals surface area contributed by atoms with Crippen molar-refractivity contribution < 1.29 is 13.9 Å². The average Bonchev–Trinajstić information content (AvgIpc) is 2.85. The van der Waals surface area contributed by atoms with Crippen molar-refractivity contribution in [3.05, 3.63) is 89.2 Å². The SMILES string of the molecule is CC(C=CCCCCCCCOc1ccc2ccccc2n1)=C(F)C(=O)Nc1ccccc1Cl. The minimum Gasteiger partial charge on any atom is -0.478 e. The lowest BCUT2D eigenvalue weighted by Gasteiger charge is -2.06. The Labute approximate surface area is 205 Å². The highest BCUT2D eigenvalue weighted by Gasteiger charge is 2.12. The lowest BCUT2D eigenvalue weighted by molar-refractivity contribution is -0.114. The van der Waals surface area contributed by atoms with Gasteiger partial charge in [0.2, 0.25) is 5.88 Å². The molecule has 1 aromatic heterocycles. The quantitative estimate of drug-likeness (QED) is 0.162. The highest BCUT2D eigenvalue weighted by molar-refractivity contribution is 6.33. The van der Waals surface area contributed by atoms with Crippen molar-refractivity contribution in [1.29, 1.82) is 0 Å². The van der Waals surface area contributed by atoms with Crippen LogP contribution in [0.5, 0.6) is 5.88 Å². The molecule has 3 rings (SSSR count). The number of hydrogen-bond donors (Lipinski definition) is 1. The number of carbonyl (C=O) groups is 1. The van der Waals surface area contributed by atoms with E-state index < -0.39 is 11.7 Å². The van der Waals surface area contributed by atoms with Gasteiger partial charge in [-0.3, -0.25) is 4.79 Å². The molecule has 178 valence electrons. The van der Waals surface area contributed by atoms with Crippen molar-refractivity contribution in [2.45, 2.75) is 45.4 Å². The van der Waals surface area contributed by atoms with E-state index in [1.54, 1.807) is 37.3 Å². The molecule has 0 atom stereocenters. The number of aromatic nitrogens is 1. The van der Waals surface area contributed by atoms with Gasteiger partial charge in [-0.15, -0.1) is 0 Å². The maximum absolute atomic E-state index is 14.3. The maximum Gasteiger partial charge on any atom is 0.284 e. The van der Waals surface area contributed by atoms with Crippen molar-refractivity contribution in [3.63, 3.8) is 0 Å². The minimum absolute atomic E-state index is 0.295. The summed E-state index contributed by atoms with van der Waals surface area (Å²) in [6, 6.07) is 18.7. The number of amides is 1. The molecule has 1 heterocycles. The number of allylic oxidation sites excluding steroid dienone is 3. The van der Waals surface area contributed by atoms with Crippen LogP contribution < -0.4 is 10.1 Å². The monoisotopic (exact) mass is 480 g/mol. The molecule has 1 N–H and O–H groups in total. The Morgan fingerprint density at radius 3 is 2.59 bits per heavy atom. The summed E-state index contributed by atoms with van der Waals surface area (Å²) in [7, 11) is 0. The molecular formula is C28H30ClFN2O2. The van der Waals surface area contributed by atoms with Crippen LogP contribution in [-0.2, 0) is 4.79 Å². The first-order chi connectivity index (χ1) is 16.5. The van der Waals surface area contributed by atoms with Gasteiger partial charge >= 0.3 is 0 Å². The zero-order chi connectivity index (χ0) is 24.2. The normalized spacial score (nSPS) is 12.1. The number of fused-ring (bicyclic) bond motifs is 1. The molecule has 2 aromatic carbocycles. The molecule has 0 radical (unpaired) electrons. The number of pyridine rings is 1. The van der Waals surface area contributed by atoms with Crippen LogP contribution >= 0.6 is 11.6 Å². The number of nitrogens with zero attached hydrogens (tertiary/aromatic N) is 1. The molecule has 3 aromatic rings. The minimum atomic E-state index is -0.808. The third kappa shape index (κ3) is 7.99. The smallest absolute Gasteiger partial charge is 0.284 e. The van der Waals surface area contributed by atoms with E-state index in [1.165, 1.54) is 0 Å². The van der Waals surface area contributed by atoms with Crippen LogP contribution in [0.15, 0.2) is 84.2 Å². The van der Waals surface area contributed by atoms with Gasteiger partial charge in [-0.1, -0.05) is 73.3 Å². The largest absolute Gasteiger partial charge is 0.478 e. The summed E-state index contributed by atoms with van der Waals surface area (Å²) >= 11 is 5.99. The molecular weight excluding hydrogens is 451 g/mol. The molecule has 0 aliphatic carbocycles. The van der Waals surface area contributed by atoms with Gasteiger partial charge in [0.1, 0.15) is 0 Å². The highest BCUT2D eigenvalue weighted by atomic mass is 35.5. The molecule has 0 aliphatic rings. The van der Waals surface area contributed by atoms with Crippen molar-refractivity contribution in [2.24, 2.45) is 0 Å². The zero-order valence-corrected chi connectivity index (χ0v) is 20.2. The van der Waals surface area contributed by atoms with Gasteiger partial charge in [-0.05, 0) is 56.0 Å². The van der Waals surface area contributed by atoms with Crippen LogP contribution in [0, 0.1) is 0 Å². The Hall–Kier alpha value is -3.18. The van der Waals surface area contributed by atoms with Crippen LogP contribution in [0.25, 0.3) is 10.9 Å². The topological polar surface area (TPSA) is 51.2 Å². The van der Waals surface area contributed by atoms with Gasteiger partial charge in [0.25, 0.3) is 5.91 Å². The summed E-state index contributed by atoms with van der Waals surface area (Å²) in [5.74, 6) is -0.937. The lowest BCUT2D eigenvalue weighted by Crippen LogP contribution is -2.13. The fourth-order valence-corrected chi connectivity index (χ4v) is 3.63. The third-order valence-corrected chi connectivity index (χ3v) is 5.70. The highest BCUT2D eigenvalue weighted by Crippen LogP contribution is 2.22. The molecule has 6 heteroatoms. The van der Waals surface area contributed by atoms with Gasteiger partial charge in [-0.25, -0.2) is 9.37 Å². The molecule has 0 bridgehead atoms. The van der Waals surface area contributed by atoms with Crippen LogP contribution in [0.1, 0.15) is 45.4 Å². The van der Waals surface area contributed by atoms with Gasteiger partial charge in [0.15, 0.2) is 5.83 Å². The summed E-state index contributed by atoms with van der Waals surface area (Å²) in [5, 5.41) is 3.97. The van der Waals surface area contributed by atoms with E-state index in [1.807, 2.05) is 42.5 Å². The number of anilines is 1. The number of benzene rings is 2. The van der Waals surface area contributed by atoms with E-state index in [0.717, 1.165) is 49.4 Å². The Morgan fingerprint density at radius 2 is 1.74 bits per heavy atom. The number of ether oxygens (including phenoxy) is 1. The van der Waals surface area contributed by atoms with Crippen LogP contribution in [0.2, 0.25) is 5.02 Å². The summed E-state index contributed by atoms with van der Waals surface area (Å²) in [6.45, 7) is 2.24. The third-order valence-electron chi connectivity index (χ3n) is 5.37. The standard InChI is InChI=1S/C28H30ClFN2O2/c1-21(27(30)28(33)32-25-17-11-9-15-23(25)29)13-7-5-3-2-4-6-12-20-34-26-19-18-22-14-8-10-16-24(22)31-26/h7-11,13-19H,2-6,12,20H2,1H3,(H,32,33). The van der Waals surface area contributed by atoms with E-state index in [2.05, 4.69) is 10.3 Å². The zero-order valence-electron chi connectivity index (χ0n) is 19.4. The van der Waals surface area contributed by atoms with Crippen molar-refractivity contribution in [1.82, 2.24) is 4.98 Å². The molecule has 4 nitrogen and oxygen atoms in total. The van der Waals surface area contributed by atoms with E-state index in [-0.39, 0.29) is 0 Å². The van der Waals surface area contributed by atoms with Crippen LogP contribution in [0.4, 0.5) is 10.1 Å². The van der Waals surface area contributed by atoms with E-state index >= 15 is 0 Å². The molecule has 0 spiro atoms. The summed E-state index contributed by atoms with van der Waals surface area (Å²) < 4.78 is 20.1. The molecule has 0 unspecified atom stereocenters. The summed E-state index contributed by atoms with van der Waals surface area (Å²) in [6.07, 6.45) is 9.71. The van der Waals surface area contributed by atoms with Gasteiger partial charge in [0.05, 0.1) is 22.8 Å². The van der Waals surface area contributed by atoms with Crippen LogP contribution in [-0.4, -0.2) is 17.5 Å². The molecule has 0 saturated carbocycles. The Morgan fingerprint density at radius 1 is 1.00 bits per heavy atom. The number of nitrogens with one attached hydrogen (secondary N) is 1. The number of rotatable bonds is 12. The predicted molar refractivity (Wildman–Crippen MR) is 138 cm³/mol. The van der Waals surface area contributed by atoms with Crippen LogP contribution in [0.3, 0.4) is 0 Å². The van der Waals surface area contributed by atoms with Gasteiger partial charge < -0.3 is 10.1 Å². The number of hydrogen-bond acceptors (Lipinski definition) is 3. The number of carbonyl (C=O) groups excluding carboxylic acids is 1. The Kier molecular flexibility index (Phi) is 10.1.